The molecule has 0 aliphatic rings. The second-order valence-electron chi connectivity index (χ2n) is 5.56. The van der Waals surface area contributed by atoms with E-state index in [2.05, 4.69) is 0 Å². The number of carbonyl (C=O) groups is 4. The van der Waals surface area contributed by atoms with Crippen molar-refractivity contribution in [2.45, 2.75) is 0 Å². The molecule has 0 heterocycles. The van der Waals surface area contributed by atoms with Crippen LogP contribution in [0.25, 0.3) is 0 Å². The molecule has 0 aliphatic carbocycles. The zero-order valence-corrected chi connectivity index (χ0v) is 14.3. The summed E-state index contributed by atoms with van der Waals surface area (Å²) in [4.78, 5) is 47.3. The third-order valence-corrected chi connectivity index (χ3v) is 3.32. The van der Waals surface area contributed by atoms with E-state index in [0.29, 0.717) is 0 Å². The van der Waals surface area contributed by atoms with E-state index in [0.717, 1.165) is 4.90 Å². The fourth-order valence-electron chi connectivity index (χ4n) is 2.23. The van der Waals surface area contributed by atoms with Crippen LogP contribution < -0.4 is 0 Å². The average Bonchev–Trinajstić information content (AvgIpc) is 2.47. The van der Waals surface area contributed by atoms with E-state index in [4.69, 9.17) is 25.5 Å². The Kier molecular flexibility index (Phi) is 11.9. The molecule has 150 valence electrons. The minimum Gasteiger partial charge on any atom is -0.480 e. The van der Waals surface area contributed by atoms with Crippen molar-refractivity contribution in [3.05, 3.63) is 0 Å². The third-order valence-electron chi connectivity index (χ3n) is 3.32. The highest BCUT2D eigenvalue weighted by Crippen LogP contribution is 1.97. The van der Waals surface area contributed by atoms with Gasteiger partial charge in [0.2, 0.25) is 0 Å². The van der Waals surface area contributed by atoms with E-state index in [1.54, 1.807) is 0 Å². The zero-order valence-electron chi connectivity index (χ0n) is 14.3. The van der Waals surface area contributed by atoms with Crippen molar-refractivity contribution in [3.63, 3.8) is 0 Å². The van der Waals surface area contributed by atoms with Crippen LogP contribution in [0.1, 0.15) is 0 Å². The van der Waals surface area contributed by atoms with Crippen LogP contribution in [0.2, 0.25) is 0 Å². The van der Waals surface area contributed by atoms with Crippen LogP contribution in [-0.4, -0.2) is 130 Å². The summed E-state index contributed by atoms with van der Waals surface area (Å²) < 4.78 is 0. The van der Waals surface area contributed by atoms with Crippen LogP contribution in [0.4, 0.5) is 0 Å². The lowest BCUT2D eigenvalue weighted by Gasteiger charge is -2.27. The first kappa shape index (κ1) is 23.7. The van der Waals surface area contributed by atoms with E-state index in [9.17, 15) is 19.2 Å². The van der Waals surface area contributed by atoms with E-state index >= 15 is 0 Å². The number of carboxylic acid groups (broad SMARTS) is 4. The first-order valence-electron chi connectivity index (χ1n) is 7.79. The Labute approximate surface area is 149 Å². The number of aliphatic hydroxyl groups is 1. The van der Waals surface area contributed by atoms with Crippen molar-refractivity contribution < 1.29 is 44.7 Å². The van der Waals surface area contributed by atoms with Crippen molar-refractivity contribution in [2.24, 2.45) is 0 Å². The second kappa shape index (κ2) is 13.0. The van der Waals surface area contributed by atoms with Gasteiger partial charge in [-0.25, -0.2) is 0 Å². The second-order valence-corrected chi connectivity index (χ2v) is 5.56. The lowest BCUT2D eigenvalue weighted by molar-refractivity contribution is -0.143. The normalized spacial score (nSPS) is 11.2. The van der Waals surface area contributed by atoms with Gasteiger partial charge in [-0.15, -0.1) is 0 Å². The van der Waals surface area contributed by atoms with Gasteiger partial charge >= 0.3 is 23.9 Å². The number of aliphatic hydroxyl groups excluding tert-OH is 1. The molecule has 0 aliphatic heterocycles. The predicted molar refractivity (Wildman–Crippen MR) is 86.9 cm³/mol. The minimum absolute atomic E-state index is 0.0187. The molecule has 0 spiro atoms. The number of hydrogen-bond acceptors (Lipinski definition) is 8. The monoisotopic (exact) mass is 379 g/mol. The summed E-state index contributed by atoms with van der Waals surface area (Å²) in [5, 5.41) is 44.3. The molecule has 0 saturated carbocycles. The Morgan fingerprint density at radius 1 is 0.500 bits per heavy atom. The molecule has 0 aromatic carbocycles. The van der Waals surface area contributed by atoms with Crippen LogP contribution in [0.3, 0.4) is 0 Å². The standard InChI is InChI=1S/C14H25N3O9/c18-6-5-16(8-12(21)22)2-1-15(7-11(19)20)3-4-17(9-13(23)24)10-14(25)26/h18H,1-10H2,(H,19,20)(H,21,22)(H,23,24)(H,25,26). The van der Waals surface area contributed by atoms with E-state index < -0.39 is 37.0 Å². The predicted octanol–water partition coefficient (Wildman–Crippen LogP) is -2.78. The van der Waals surface area contributed by atoms with E-state index in [1.807, 2.05) is 0 Å². The molecule has 0 saturated heterocycles. The van der Waals surface area contributed by atoms with Crippen LogP contribution in [-0.2, 0) is 19.2 Å². The number of hydrogen-bond donors (Lipinski definition) is 5. The number of rotatable bonds is 16. The highest BCUT2D eigenvalue weighted by atomic mass is 16.4. The summed E-state index contributed by atoms with van der Waals surface area (Å²) in [6.45, 7) is -1.37. The summed E-state index contributed by atoms with van der Waals surface area (Å²) in [6, 6.07) is 0. The topological polar surface area (TPSA) is 179 Å². The van der Waals surface area contributed by atoms with Crippen LogP contribution in [0.5, 0.6) is 0 Å². The molecule has 12 heteroatoms. The Hall–Kier alpha value is -2.28. The first-order valence-corrected chi connectivity index (χ1v) is 7.79. The van der Waals surface area contributed by atoms with Gasteiger partial charge in [0.15, 0.2) is 0 Å². The van der Waals surface area contributed by atoms with Gasteiger partial charge in [0, 0.05) is 32.7 Å². The smallest absolute Gasteiger partial charge is 0.317 e. The van der Waals surface area contributed by atoms with Crippen molar-refractivity contribution in [3.8, 4) is 0 Å². The summed E-state index contributed by atoms with van der Waals surface area (Å²) >= 11 is 0. The van der Waals surface area contributed by atoms with Gasteiger partial charge in [0.25, 0.3) is 0 Å². The molecule has 0 amide bonds. The fraction of sp³-hybridized carbons (Fsp3) is 0.714. The number of aliphatic carboxylic acids is 4. The minimum atomic E-state index is -1.20. The van der Waals surface area contributed by atoms with Crippen molar-refractivity contribution >= 4 is 23.9 Å². The molecule has 0 fully saturated rings. The summed E-state index contributed by atoms with van der Waals surface area (Å²) in [7, 11) is 0. The summed E-state index contributed by atoms with van der Waals surface area (Å²) in [6.07, 6.45) is 0. The van der Waals surface area contributed by atoms with Crippen LogP contribution in [0, 0.1) is 0 Å². The Balaban J connectivity index is 4.74. The van der Waals surface area contributed by atoms with E-state index in [1.165, 1.54) is 9.80 Å². The molecule has 5 N–H and O–H groups in total. The van der Waals surface area contributed by atoms with Gasteiger partial charge in [-0.05, 0) is 0 Å². The molecule has 0 bridgehead atoms. The molecular formula is C14H25N3O9. The molecule has 0 unspecified atom stereocenters. The van der Waals surface area contributed by atoms with Gasteiger partial charge in [0.1, 0.15) is 0 Å². The van der Waals surface area contributed by atoms with Gasteiger partial charge in [-0.3, -0.25) is 33.9 Å². The van der Waals surface area contributed by atoms with Gasteiger partial charge in [-0.2, -0.15) is 0 Å². The Morgan fingerprint density at radius 3 is 1.08 bits per heavy atom. The van der Waals surface area contributed by atoms with Gasteiger partial charge < -0.3 is 25.5 Å². The Morgan fingerprint density at radius 2 is 0.769 bits per heavy atom. The third kappa shape index (κ3) is 13.1. The largest absolute Gasteiger partial charge is 0.480 e. The quantitative estimate of drug-likeness (QED) is 0.186. The maximum atomic E-state index is 11.0. The number of nitrogens with zero attached hydrogens (tertiary/aromatic N) is 3. The molecule has 0 atom stereocenters. The molecule has 26 heavy (non-hydrogen) atoms. The van der Waals surface area contributed by atoms with Crippen LogP contribution in [0.15, 0.2) is 0 Å². The summed E-state index contributed by atoms with van der Waals surface area (Å²) in [5.41, 5.74) is 0. The summed E-state index contributed by atoms with van der Waals surface area (Å²) in [5.74, 6) is -4.62. The zero-order chi connectivity index (χ0) is 20.1. The maximum absolute atomic E-state index is 11.0. The lowest BCUT2D eigenvalue weighted by Crippen LogP contribution is -2.45. The maximum Gasteiger partial charge on any atom is 0.317 e. The molecule has 0 radical (unpaired) electrons. The lowest BCUT2D eigenvalue weighted by atomic mass is 10.3. The fourth-order valence-corrected chi connectivity index (χ4v) is 2.23. The number of carboxylic acids is 4. The van der Waals surface area contributed by atoms with Crippen LogP contribution >= 0.6 is 0 Å². The first-order chi connectivity index (χ1) is 12.1. The van der Waals surface area contributed by atoms with Crippen molar-refractivity contribution in [1.82, 2.24) is 14.7 Å². The molecular weight excluding hydrogens is 354 g/mol. The molecule has 12 nitrogen and oxygen atoms in total. The molecule has 0 rings (SSSR count). The van der Waals surface area contributed by atoms with Gasteiger partial charge in [-0.1, -0.05) is 0 Å². The SMILES string of the molecule is O=C(O)CN(CCO)CCN(CCN(CC(=O)O)CC(=O)O)CC(=O)O. The average molecular weight is 379 g/mol. The van der Waals surface area contributed by atoms with Crippen molar-refractivity contribution in [1.29, 1.82) is 0 Å². The highest BCUT2D eigenvalue weighted by molar-refractivity contribution is 5.72. The Bertz CT molecular complexity index is 470. The highest BCUT2D eigenvalue weighted by Gasteiger charge is 2.18. The molecule has 0 aromatic rings. The van der Waals surface area contributed by atoms with E-state index in [-0.39, 0.29) is 52.4 Å². The van der Waals surface area contributed by atoms with Crippen molar-refractivity contribution in [2.75, 3.05) is 65.5 Å². The molecule has 0 aromatic heterocycles. The van der Waals surface area contributed by atoms with Gasteiger partial charge in [0.05, 0.1) is 32.8 Å².